The Morgan fingerprint density at radius 1 is 1.64 bits per heavy atom. The maximum atomic E-state index is 10.6. The minimum atomic E-state index is -0.752. The summed E-state index contributed by atoms with van der Waals surface area (Å²) in [4.78, 5) is 10.6. The first-order chi connectivity index (χ1) is 5.01. The fraction of sp³-hybridized carbons (Fsp3) is 0.667. The standard InChI is InChI=1S/C9H14O2/c1-9(2)5-3-4-7(6-9)8(10)11/h4H,3,5-6H2,1-2H3,(H,10,11). The van der Waals surface area contributed by atoms with Gasteiger partial charge in [0.2, 0.25) is 0 Å². The molecule has 0 spiro atoms. The second-order valence-electron chi connectivity index (χ2n) is 3.91. The molecular weight excluding hydrogens is 140 g/mol. The lowest BCUT2D eigenvalue weighted by Gasteiger charge is -2.27. The van der Waals surface area contributed by atoms with Crippen LogP contribution in [0.25, 0.3) is 0 Å². The zero-order chi connectivity index (χ0) is 8.48. The maximum absolute atomic E-state index is 10.6. The maximum Gasteiger partial charge on any atom is 0.331 e. The highest BCUT2D eigenvalue weighted by Crippen LogP contribution is 2.34. The van der Waals surface area contributed by atoms with Crippen molar-refractivity contribution in [2.75, 3.05) is 0 Å². The first-order valence-corrected chi connectivity index (χ1v) is 3.94. The van der Waals surface area contributed by atoms with E-state index in [4.69, 9.17) is 5.11 Å². The SMILES string of the molecule is CC1(C)CCC=C(C(=O)O)C1. The third-order valence-corrected chi connectivity index (χ3v) is 2.16. The van der Waals surface area contributed by atoms with E-state index in [0.29, 0.717) is 12.0 Å². The molecule has 0 aromatic carbocycles. The van der Waals surface area contributed by atoms with Crippen LogP contribution in [0.4, 0.5) is 0 Å². The predicted molar refractivity (Wildman–Crippen MR) is 43.4 cm³/mol. The van der Waals surface area contributed by atoms with Crippen LogP contribution >= 0.6 is 0 Å². The Labute approximate surface area is 66.9 Å². The van der Waals surface area contributed by atoms with Crippen LogP contribution in [0.3, 0.4) is 0 Å². The number of hydrogen-bond acceptors (Lipinski definition) is 1. The second-order valence-corrected chi connectivity index (χ2v) is 3.91. The van der Waals surface area contributed by atoms with E-state index in [0.717, 1.165) is 12.8 Å². The number of carbonyl (C=O) groups is 1. The van der Waals surface area contributed by atoms with Gasteiger partial charge in [-0.05, 0) is 24.7 Å². The van der Waals surface area contributed by atoms with Crippen LogP contribution in [0.2, 0.25) is 0 Å². The molecule has 1 aliphatic rings. The number of aliphatic carboxylic acids is 1. The molecule has 0 unspecified atom stereocenters. The molecule has 2 nitrogen and oxygen atoms in total. The van der Waals surface area contributed by atoms with Gasteiger partial charge in [0.1, 0.15) is 0 Å². The Kier molecular flexibility index (Phi) is 2.03. The topological polar surface area (TPSA) is 37.3 Å². The van der Waals surface area contributed by atoms with Crippen molar-refractivity contribution in [3.05, 3.63) is 11.6 Å². The van der Waals surface area contributed by atoms with Crippen molar-refractivity contribution in [1.82, 2.24) is 0 Å². The summed E-state index contributed by atoms with van der Waals surface area (Å²) in [7, 11) is 0. The highest BCUT2D eigenvalue weighted by atomic mass is 16.4. The van der Waals surface area contributed by atoms with Gasteiger partial charge in [0.25, 0.3) is 0 Å². The normalized spacial score (nSPS) is 22.5. The molecule has 0 fully saturated rings. The predicted octanol–water partition coefficient (Wildman–Crippen LogP) is 2.21. The minimum Gasteiger partial charge on any atom is -0.478 e. The van der Waals surface area contributed by atoms with E-state index in [1.165, 1.54) is 0 Å². The molecule has 1 rings (SSSR count). The van der Waals surface area contributed by atoms with E-state index in [1.54, 1.807) is 0 Å². The molecule has 0 bridgehead atoms. The van der Waals surface area contributed by atoms with Crippen molar-refractivity contribution >= 4 is 5.97 Å². The number of rotatable bonds is 1. The van der Waals surface area contributed by atoms with Gasteiger partial charge in [-0.15, -0.1) is 0 Å². The molecule has 0 aromatic rings. The number of allylic oxidation sites excluding steroid dienone is 1. The third kappa shape index (κ3) is 2.07. The van der Waals surface area contributed by atoms with E-state index in [-0.39, 0.29) is 5.41 Å². The molecule has 0 heterocycles. The highest BCUT2D eigenvalue weighted by molar-refractivity contribution is 5.86. The van der Waals surface area contributed by atoms with Crippen LogP contribution in [0.1, 0.15) is 33.1 Å². The van der Waals surface area contributed by atoms with Crippen molar-refractivity contribution < 1.29 is 9.90 Å². The first-order valence-electron chi connectivity index (χ1n) is 3.94. The average molecular weight is 154 g/mol. The zero-order valence-corrected chi connectivity index (χ0v) is 7.05. The smallest absolute Gasteiger partial charge is 0.331 e. The van der Waals surface area contributed by atoms with E-state index in [9.17, 15) is 4.79 Å². The van der Waals surface area contributed by atoms with Gasteiger partial charge >= 0.3 is 5.97 Å². The Hall–Kier alpha value is -0.790. The quantitative estimate of drug-likeness (QED) is 0.628. The number of carboxylic acid groups (broad SMARTS) is 1. The molecule has 1 aliphatic carbocycles. The minimum absolute atomic E-state index is 0.183. The zero-order valence-electron chi connectivity index (χ0n) is 7.05. The first kappa shape index (κ1) is 8.31. The molecule has 0 amide bonds. The van der Waals surface area contributed by atoms with E-state index in [1.807, 2.05) is 6.08 Å². The molecule has 0 aliphatic heterocycles. The summed E-state index contributed by atoms with van der Waals surface area (Å²) in [6.45, 7) is 4.23. The molecule has 0 atom stereocenters. The van der Waals surface area contributed by atoms with Crippen molar-refractivity contribution in [3.8, 4) is 0 Å². The molecule has 0 saturated heterocycles. The average Bonchev–Trinajstić information content (AvgIpc) is 1.85. The summed E-state index contributed by atoms with van der Waals surface area (Å²) in [5.41, 5.74) is 0.768. The van der Waals surface area contributed by atoms with E-state index in [2.05, 4.69) is 13.8 Å². The van der Waals surface area contributed by atoms with Gasteiger partial charge < -0.3 is 5.11 Å². The van der Waals surface area contributed by atoms with Gasteiger partial charge in [0, 0.05) is 5.57 Å². The lowest BCUT2D eigenvalue weighted by atomic mass is 9.77. The third-order valence-electron chi connectivity index (χ3n) is 2.16. The fourth-order valence-electron chi connectivity index (χ4n) is 1.48. The largest absolute Gasteiger partial charge is 0.478 e. The van der Waals surface area contributed by atoms with Crippen LogP contribution in [-0.2, 0) is 4.79 Å². The van der Waals surface area contributed by atoms with Crippen molar-refractivity contribution in [2.45, 2.75) is 33.1 Å². The molecule has 0 saturated carbocycles. The molecule has 0 aromatic heterocycles. The Bertz CT molecular complexity index is 202. The number of carboxylic acids is 1. The van der Waals surface area contributed by atoms with Crippen LogP contribution in [-0.4, -0.2) is 11.1 Å². The van der Waals surface area contributed by atoms with Crippen LogP contribution in [0, 0.1) is 5.41 Å². The molecule has 0 radical (unpaired) electrons. The molecule has 1 N–H and O–H groups in total. The Morgan fingerprint density at radius 3 is 2.64 bits per heavy atom. The van der Waals surface area contributed by atoms with Crippen LogP contribution in [0.15, 0.2) is 11.6 Å². The van der Waals surface area contributed by atoms with Crippen molar-refractivity contribution in [1.29, 1.82) is 0 Å². The van der Waals surface area contributed by atoms with Gasteiger partial charge in [-0.1, -0.05) is 19.9 Å². The lowest BCUT2D eigenvalue weighted by molar-refractivity contribution is -0.133. The summed E-state index contributed by atoms with van der Waals surface area (Å²) in [6, 6.07) is 0. The summed E-state index contributed by atoms with van der Waals surface area (Å²) < 4.78 is 0. The summed E-state index contributed by atoms with van der Waals surface area (Å²) in [5, 5.41) is 8.70. The molecule has 62 valence electrons. The molecule has 11 heavy (non-hydrogen) atoms. The van der Waals surface area contributed by atoms with Gasteiger partial charge in [0.05, 0.1) is 0 Å². The Balaban J connectivity index is 2.71. The van der Waals surface area contributed by atoms with Gasteiger partial charge in [-0.2, -0.15) is 0 Å². The van der Waals surface area contributed by atoms with Crippen molar-refractivity contribution in [2.24, 2.45) is 5.41 Å². The van der Waals surface area contributed by atoms with Crippen LogP contribution < -0.4 is 0 Å². The lowest BCUT2D eigenvalue weighted by Crippen LogP contribution is -2.19. The van der Waals surface area contributed by atoms with E-state index >= 15 is 0 Å². The van der Waals surface area contributed by atoms with Crippen molar-refractivity contribution in [3.63, 3.8) is 0 Å². The fourth-order valence-corrected chi connectivity index (χ4v) is 1.48. The summed E-state index contributed by atoms with van der Waals surface area (Å²) >= 11 is 0. The monoisotopic (exact) mass is 154 g/mol. The summed E-state index contributed by atoms with van der Waals surface area (Å²) in [5.74, 6) is -0.752. The Morgan fingerprint density at radius 2 is 2.27 bits per heavy atom. The van der Waals surface area contributed by atoms with Gasteiger partial charge in [0.15, 0.2) is 0 Å². The molecule has 2 heteroatoms. The van der Waals surface area contributed by atoms with Gasteiger partial charge in [-0.25, -0.2) is 4.79 Å². The van der Waals surface area contributed by atoms with Crippen LogP contribution in [0.5, 0.6) is 0 Å². The number of hydrogen-bond donors (Lipinski definition) is 1. The highest BCUT2D eigenvalue weighted by Gasteiger charge is 2.25. The second kappa shape index (κ2) is 2.68. The van der Waals surface area contributed by atoms with Gasteiger partial charge in [-0.3, -0.25) is 0 Å². The van der Waals surface area contributed by atoms with E-state index < -0.39 is 5.97 Å². The molecular formula is C9H14O2. The summed E-state index contributed by atoms with van der Waals surface area (Å²) in [6.07, 6.45) is 4.56.